The van der Waals surface area contributed by atoms with Crippen LogP contribution < -0.4 is 5.73 Å². The highest BCUT2D eigenvalue weighted by atomic mass is 16.7. The summed E-state index contributed by atoms with van der Waals surface area (Å²) in [6.07, 6.45) is 3.11. The molecule has 0 saturated carbocycles. The Kier molecular flexibility index (Phi) is 12.0. The number of fused-ring (bicyclic) bond motifs is 1. The molecule has 1 aliphatic heterocycles. The van der Waals surface area contributed by atoms with Crippen LogP contribution in [0.2, 0.25) is 0 Å². The molecule has 3 aromatic carbocycles. The molecule has 224 valence electrons. The second-order valence-corrected chi connectivity index (χ2v) is 10.9. The number of rotatable bonds is 17. The van der Waals surface area contributed by atoms with Crippen molar-refractivity contribution in [3.05, 3.63) is 108 Å². The number of aromatic nitrogens is 1. The van der Waals surface area contributed by atoms with Crippen molar-refractivity contribution >= 4 is 10.9 Å². The summed E-state index contributed by atoms with van der Waals surface area (Å²) in [6.45, 7) is 3.27. The largest absolute Gasteiger partial charge is 0.379 e. The van der Waals surface area contributed by atoms with Gasteiger partial charge >= 0.3 is 0 Å². The Hall–Kier alpha value is -3.04. The zero-order valence-electron chi connectivity index (χ0n) is 24.4. The number of hydrogen-bond donors (Lipinski definition) is 2. The molecule has 2 heterocycles. The SMILES string of the molecule is NCCCCCOCC1OC(OCCc2cc3ccccc3[nH]2)CC(OCc2ccccc2)C1OCc1ccccc1. The lowest BCUT2D eigenvalue weighted by Gasteiger charge is -2.41. The van der Waals surface area contributed by atoms with Crippen molar-refractivity contribution in [2.45, 2.75) is 69.9 Å². The van der Waals surface area contributed by atoms with Gasteiger partial charge in [-0.1, -0.05) is 78.9 Å². The van der Waals surface area contributed by atoms with Gasteiger partial charge in [0.05, 0.1) is 32.5 Å². The van der Waals surface area contributed by atoms with Crippen LogP contribution in [0.5, 0.6) is 0 Å². The third-order valence-electron chi connectivity index (χ3n) is 7.61. The molecule has 1 aromatic heterocycles. The van der Waals surface area contributed by atoms with E-state index >= 15 is 0 Å². The summed E-state index contributed by atoms with van der Waals surface area (Å²) in [5.74, 6) is 0. The number of nitrogens with two attached hydrogens (primary N) is 1. The van der Waals surface area contributed by atoms with Crippen molar-refractivity contribution in [2.75, 3.05) is 26.4 Å². The molecule has 0 radical (unpaired) electrons. The molecule has 3 N–H and O–H groups in total. The summed E-state index contributed by atoms with van der Waals surface area (Å²) in [5, 5.41) is 1.21. The Bertz CT molecular complexity index is 1270. The van der Waals surface area contributed by atoms with Crippen LogP contribution in [0.1, 0.15) is 42.5 Å². The first-order valence-corrected chi connectivity index (χ1v) is 15.2. The summed E-state index contributed by atoms with van der Waals surface area (Å²) in [4.78, 5) is 3.48. The first-order chi connectivity index (χ1) is 20.8. The first kappa shape index (κ1) is 30.4. The molecule has 0 amide bonds. The third kappa shape index (κ3) is 9.23. The quantitative estimate of drug-likeness (QED) is 0.147. The van der Waals surface area contributed by atoms with Gasteiger partial charge in [-0.25, -0.2) is 0 Å². The van der Waals surface area contributed by atoms with E-state index in [1.54, 1.807) is 0 Å². The predicted octanol–water partition coefficient (Wildman–Crippen LogP) is 6.16. The fraction of sp³-hybridized carbons (Fsp3) is 0.429. The van der Waals surface area contributed by atoms with Crippen molar-refractivity contribution in [2.24, 2.45) is 5.73 Å². The van der Waals surface area contributed by atoms with Crippen LogP contribution in [0.4, 0.5) is 0 Å². The summed E-state index contributed by atoms with van der Waals surface area (Å²) in [6, 6.07) is 30.9. The standard InChI is InChI=1S/C35H44N2O5/c36-19-10-3-11-20-38-26-33-35(41-25-28-14-6-2-7-15-28)32(40-24-27-12-4-1-5-13-27)23-34(42-33)39-21-18-30-22-29-16-8-9-17-31(29)37-30/h1-2,4-9,12-17,22,32-35,37H,3,10-11,18-21,23-26,36H2. The molecule has 0 bridgehead atoms. The summed E-state index contributed by atoms with van der Waals surface area (Å²) in [5.41, 5.74) is 10.2. The van der Waals surface area contributed by atoms with Crippen molar-refractivity contribution in [3.8, 4) is 0 Å². The molecule has 4 aromatic rings. The topological polar surface area (TPSA) is 88.0 Å². The number of H-pyrrole nitrogens is 1. The van der Waals surface area contributed by atoms with Crippen molar-refractivity contribution in [1.29, 1.82) is 0 Å². The summed E-state index contributed by atoms with van der Waals surface area (Å²) < 4.78 is 32.0. The molecule has 7 heteroatoms. The van der Waals surface area contributed by atoms with Crippen LogP contribution in [0.15, 0.2) is 91.0 Å². The zero-order valence-corrected chi connectivity index (χ0v) is 24.4. The van der Waals surface area contributed by atoms with Crippen LogP contribution in [-0.4, -0.2) is 56.0 Å². The lowest BCUT2D eigenvalue weighted by atomic mass is 10.0. The fourth-order valence-electron chi connectivity index (χ4n) is 5.35. The van der Waals surface area contributed by atoms with Gasteiger partial charge in [0.1, 0.15) is 12.2 Å². The van der Waals surface area contributed by atoms with Gasteiger partial charge in [-0.2, -0.15) is 0 Å². The van der Waals surface area contributed by atoms with E-state index in [0.29, 0.717) is 46.0 Å². The molecule has 4 atom stereocenters. The Morgan fingerprint density at radius 2 is 1.48 bits per heavy atom. The summed E-state index contributed by atoms with van der Waals surface area (Å²) >= 11 is 0. The van der Waals surface area contributed by atoms with Crippen molar-refractivity contribution in [3.63, 3.8) is 0 Å². The molecule has 0 aliphatic carbocycles. The average molecular weight is 573 g/mol. The maximum Gasteiger partial charge on any atom is 0.160 e. The monoisotopic (exact) mass is 572 g/mol. The van der Waals surface area contributed by atoms with E-state index in [0.717, 1.165) is 48.0 Å². The predicted molar refractivity (Wildman–Crippen MR) is 165 cm³/mol. The van der Waals surface area contributed by atoms with Crippen molar-refractivity contribution < 1.29 is 23.7 Å². The molecular weight excluding hydrogens is 528 g/mol. The molecule has 7 nitrogen and oxygen atoms in total. The Balaban J connectivity index is 1.25. The van der Waals surface area contributed by atoms with E-state index in [9.17, 15) is 0 Å². The van der Waals surface area contributed by atoms with Crippen molar-refractivity contribution in [1.82, 2.24) is 4.98 Å². The molecule has 4 unspecified atom stereocenters. The molecule has 42 heavy (non-hydrogen) atoms. The van der Waals surface area contributed by atoms with E-state index in [-0.39, 0.29) is 18.3 Å². The number of para-hydroxylation sites is 1. The van der Waals surface area contributed by atoms with E-state index in [4.69, 9.17) is 29.4 Å². The summed E-state index contributed by atoms with van der Waals surface area (Å²) in [7, 11) is 0. The van der Waals surface area contributed by atoms with E-state index in [1.807, 2.05) is 42.5 Å². The maximum atomic E-state index is 6.53. The van der Waals surface area contributed by atoms with Crippen LogP contribution in [0.3, 0.4) is 0 Å². The lowest BCUT2D eigenvalue weighted by molar-refractivity contribution is -0.277. The van der Waals surface area contributed by atoms with Gasteiger partial charge in [-0.15, -0.1) is 0 Å². The van der Waals surface area contributed by atoms with Gasteiger partial charge in [0, 0.05) is 30.7 Å². The van der Waals surface area contributed by atoms with Gasteiger partial charge in [-0.05, 0) is 54.5 Å². The van der Waals surface area contributed by atoms with E-state index < -0.39 is 6.29 Å². The van der Waals surface area contributed by atoms with Gasteiger partial charge in [-0.3, -0.25) is 0 Å². The Labute approximate surface area is 249 Å². The number of nitrogens with one attached hydrogen (secondary N) is 1. The van der Waals surface area contributed by atoms with Gasteiger partial charge in [0.15, 0.2) is 6.29 Å². The molecule has 0 spiro atoms. The molecule has 1 fully saturated rings. The third-order valence-corrected chi connectivity index (χ3v) is 7.61. The maximum absolute atomic E-state index is 6.53. The number of unbranched alkanes of at least 4 members (excludes halogenated alkanes) is 2. The van der Waals surface area contributed by atoms with Crippen LogP contribution in [0.25, 0.3) is 10.9 Å². The molecule has 1 saturated heterocycles. The van der Waals surface area contributed by atoms with Gasteiger partial charge in [0.25, 0.3) is 0 Å². The molecule has 5 rings (SSSR count). The van der Waals surface area contributed by atoms with Crippen LogP contribution in [0, 0.1) is 0 Å². The highest BCUT2D eigenvalue weighted by Crippen LogP contribution is 2.29. The number of aromatic amines is 1. The lowest BCUT2D eigenvalue weighted by Crippen LogP contribution is -2.53. The molecular formula is C35H44N2O5. The van der Waals surface area contributed by atoms with Crippen LogP contribution in [-0.2, 0) is 43.3 Å². The zero-order chi connectivity index (χ0) is 28.8. The Morgan fingerprint density at radius 3 is 2.21 bits per heavy atom. The first-order valence-electron chi connectivity index (χ1n) is 15.2. The van der Waals surface area contributed by atoms with Gasteiger partial charge < -0.3 is 34.4 Å². The second-order valence-electron chi connectivity index (χ2n) is 10.9. The second kappa shape index (κ2) is 16.6. The normalized spacial score (nSPS) is 20.7. The van der Waals surface area contributed by atoms with E-state index in [1.165, 1.54) is 5.39 Å². The highest BCUT2D eigenvalue weighted by Gasteiger charge is 2.41. The van der Waals surface area contributed by atoms with E-state index in [2.05, 4.69) is 53.5 Å². The fourth-order valence-corrected chi connectivity index (χ4v) is 5.35. The highest BCUT2D eigenvalue weighted by molar-refractivity contribution is 5.80. The molecule has 1 aliphatic rings. The van der Waals surface area contributed by atoms with Gasteiger partial charge in [0.2, 0.25) is 0 Å². The number of benzene rings is 3. The minimum Gasteiger partial charge on any atom is -0.379 e. The minimum absolute atomic E-state index is 0.216. The number of ether oxygens (including phenoxy) is 5. The Morgan fingerprint density at radius 1 is 0.762 bits per heavy atom. The minimum atomic E-state index is -0.419. The van der Waals surface area contributed by atoms with Crippen LogP contribution >= 0.6 is 0 Å². The number of hydrogen-bond acceptors (Lipinski definition) is 6. The smallest absolute Gasteiger partial charge is 0.160 e. The average Bonchev–Trinajstić information content (AvgIpc) is 3.45.